The molecule has 3 nitrogen and oxygen atoms in total. The fourth-order valence-corrected chi connectivity index (χ4v) is 10.1. The van der Waals surface area contributed by atoms with Gasteiger partial charge in [-0.25, -0.2) is 4.99 Å². The predicted octanol–water partition coefficient (Wildman–Crippen LogP) is 10.7. The zero-order valence-electron chi connectivity index (χ0n) is 26.9. The van der Waals surface area contributed by atoms with Gasteiger partial charge in [0.25, 0.3) is 0 Å². The number of nitrogens with zero attached hydrogens (tertiary/aromatic N) is 2. The van der Waals surface area contributed by atoms with E-state index in [0.717, 1.165) is 36.9 Å². The standard InChI is InChI=1S/C42H39N3S2/c1-26-14-9-10-19-30(26)37-35(44-29-17-7-4-8-18-29)25-24-32-31-21-13-22-34(40(31)47-41(32)37)42(43)45-38-33-20-11-12-23-36(33)46-39(38)27(2)28-15-5-3-6-16-28/h5,7,9-17,19-25,35-37H,3-4,6,8,18H2,1-2H3,(H2,43,45). The minimum Gasteiger partial charge on any atom is -0.383 e. The van der Waals surface area contributed by atoms with Crippen molar-refractivity contribution in [1.29, 1.82) is 0 Å². The van der Waals surface area contributed by atoms with Crippen molar-refractivity contribution in [1.82, 2.24) is 0 Å². The van der Waals surface area contributed by atoms with Crippen LogP contribution in [0.25, 0.3) is 16.2 Å². The first-order valence-electron chi connectivity index (χ1n) is 16.8. The third kappa shape index (κ3) is 5.60. The number of hydrogen-bond acceptors (Lipinski definition) is 4. The fraction of sp³-hybridized carbons (Fsp3) is 0.238. The lowest BCUT2D eigenvalue weighted by Crippen LogP contribution is -2.21. The normalized spacial score (nSPS) is 25.5. The molecule has 0 fully saturated rings. The van der Waals surface area contributed by atoms with Crippen molar-refractivity contribution in [2.24, 2.45) is 15.7 Å². The Labute approximate surface area is 286 Å². The lowest BCUT2D eigenvalue weighted by Gasteiger charge is -2.28. The Kier molecular flexibility index (Phi) is 8.20. The van der Waals surface area contributed by atoms with Gasteiger partial charge in [0, 0.05) is 37.1 Å². The number of amidine groups is 1. The van der Waals surface area contributed by atoms with Crippen molar-refractivity contribution in [2.75, 3.05) is 0 Å². The van der Waals surface area contributed by atoms with Gasteiger partial charge in [-0.1, -0.05) is 97.2 Å². The van der Waals surface area contributed by atoms with E-state index in [1.165, 1.54) is 65.4 Å². The Hall–Kier alpha value is -4.19. The minimum atomic E-state index is 0.0493. The Morgan fingerprint density at radius 1 is 0.915 bits per heavy atom. The van der Waals surface area contributed by atoms with Gasteiger partial charge in [-0.15, -0.1) is 23.1 Å². The smallest absolute Gasteiger partial charge is 0.132 e. The third-order valence-corrected chi connectivity index (χ3v) is 12.5. The first-order valence-corrected chi connectivity index (χ1v) is 18.5. The highest BCUT2D eigenvalue weighted by molar-refractivity contribution is 8.04. The summed E-state index contributed by atoms with van der Waals surface area (Å²) in [5, 5.41) is 1.49. The zero-order chi connectivity index (χ0) is 31.9. The molecule has 3 unspecified atom stereocenters. The molecule has 5 heteroatoms. The number of allylic oxidation sites excluding steroid dienone is 10. The van der Waals surface area contributed by atoms with Gasteiger partial charge in [-0.3, -0.25) is 4.99 Å². The topological polar surface area (TPSA) is 50.7 Å². The molecule has 3 aromatic rings. The number of fused-ring (bicyclic) bond motifs is 4. The zero-order valence-corrected chi connectivity index (χ0v) is 28.6. The van der Waals surface area contributed by atoms with Crippen molar-refractivity contribution >= 4 is 50.8 Å². The van der Waals surface area contributed by atoms with E-state index in [1.807, 2.05) is 23.1 Å². The molecule has 2 N–H and O–H groups in total. The Balaban J connectivity index is 1.26. The second-order valence-corrected chi connectivity index (χ2v) is 15.0. The monoisotopic (exact) mass is 649 g/mol. The van der Waals surface area contributed by atoms with E-state index in [2.05, 4.69) is 123 Å². The number of benzene rings is 2. The van der Waals surface area contributed by atoms with Crippen molar-refractivity contribution in [3.05, 3.63) is 158 Å². The Morgan fingerprint density at radius 2 is 1.81 bits per heavy atom. The van der Waals surface area contributed by atoms with Crippen LogP contribution in [0.3, 0.4) is 0 Å². The number of thioether (sulfide) groups is 1. The van der Waals surface area contributed by atoms with Gasteiger partial charge in [0.1, 0.15) is 5.84 Å². The summed E-state index contributed by atoms with van der Waals surface area (Å²) >= 11 is 3.75. The highest BCUT2D eigenvalue weighted by Gasteiger charge is 2.33. The van der Waals surface area contributed by atoms with Gasteiger partial charge in [-0.05, 0) is 91.5 Å². The molecule has 0 amide bonds. The summed E-state index contributed by atoms with van der Waals surface area (Å²) in [6.07, 6.45) is 30.3. The molecule has 3 atom stereocenters. The molecule has 0 saturated carbocycles. The van der Waals surface area contributed by atoms with Gasteiger partial charge in [0.2, 0.25) is 0 Å². The summed E-state index contributed by atoms with van der Waals surface area (Å²) in [4.78, 5) is 13.2. The third-order valence-electron chi connectivity index (χ3n) is 9.81. The number of aryl methyl sites for hydroxylation is 1. The second-order valence-electron chi connectivity index (χ2n) is 12.8. The molecule has 0 bridgehead atoms. The molecule has 0 saturated heterocycles. The second kappa shape index (κ2) is 12.8. The summed E-state index contributed by atoms with van der Waals surface area (Å²) < 4.78 is 1.19. The first-order chi connectivity index (χ1) is 23.1. The molecular formula is C42H39N3S2. The highest BCUT2D eigenvalue weighted by Crippen LogP contribution is 2.49. The summed E-state index contributed by atoms with van der Waals surface area (Å²) in [7, 11) is 0. The quantitative estimate of drug-likeness (QED) is 0.221. The first kappa shape index (κ1) is 30.2. The molecule has 47 heavy (non-hydrogen) atoms. The van der Waals surface area contributed by atoms with Crippen LogP contribution in [0.4, 0.5) is 0 Å². The predicted molar refractivity (Wildman–Crippen MR) is 205 cm³/mol. The molecule has 8 rings (SSSR count). The summed E-state index contributed by atoms with van der Waals surface area (Å²) in [6.45, 7) is 4.46. The average molecular weight is 650 g/mol. The summed E-state index contributed by atoms with van der Waals surface area (Å²) in [5.74, 6) is 0.715. The van der Waals surface area contributed by atoms with E-state index in [0.29, 0.717) is 5.84 Å². The van der Waals surface area contributed by atoms with Crippen LogP contribution in [0, 0.1) is 6.92 Å². The lowest BCUT2D eigenvalue weighted by atomic mass is 9.82. The van der Waals surface area contributed by atoms with Gasteiger partial charge in [0.05, 0.1) is 17.0 Å². The van der Waals surface area contributed by atoms with Gasteiger partial charge < -0.3 is 5.73 Å². The van der Waals surface area contributed by atoms with Crippen molar-refractivity contribution in [2.45, 2.75) is 63.2 Å². The fourth-order valence-electron chi connectivity index (χ4n) is 7.34. The van der Waals surface area contributed by atoms with Gasteiger partial charge in [-0.2, -0.15) is 0 Å². The maximum atomic E-state index is 7.05. The maximum Gasteiger partial charge on any atom is 0.132 e. The van der Waals surface area contributed by atoms with E-state index >= 15 is 0 Å². The van der Waals surface area contributed by atoms with Crippen LogP contribution in [-0.4, -0.2) is 22.8 Å². The number of rotatable bonds is 5. The summed E-state index contributed by atoms with van der Waals surface area (Å²) in [6, 6.07) is 15.4. The van der Waals surface area contributed by atoms with Crippen molar-refractivity contribution in [3.8, 4) is 0 Å². The molecule has 4 aliphatic carbocycles. The molecular weight excluding hydrogens is 611 g/mol. The lowest BCUT2D eigenvalue weighted by molar-refractivity contribution is 0.699. The number of aliphatic imine (C=N–C) groups is 2. The molecule has 2 aromatic carbocycles. The molecule has 0 spiro atoms. The Morgan fingerprint density at radius 3 is 2.64 bits per heavy atom. The SMILES string of the molecule is CC(C1=CCCC=C1)=C1SC2C=CC=CC2=C1N=C(N)c1cccc2c3c(sc12)C(c1ccccc1C)C(N=C1C=CCCC1)C=C3. The van der Waals surface area contributed by atoms with E-state index < -0.39 is 0 Å². The maximum absolute atomic E-state index is 7.05. The van der Waals surface area contributed by atoms with Gasteiger partial charge >= 0.3 is 0 Å². The number of nitrogens with two attached hydrogens (primary N) is 1. The summed E-state index contributed by atoms with van der Waals surface area (Å²) in [5.41, 5.74) is 18.0. The molecule has 5 aliphatic rings. The Bertz CT molecular complexity index is 2090. The minimum absolute atomic E-state index is 0.0493. The number of hydrogen-bond donors (Lipinski definition) is 1. The van der Waals surface area contributed by atoms with Crippen LogP contribution in [0.2, 0.25) is 0 Å². The van der Waals surface area contributed by atoms with Crippen LogP contribution >= 0.6 is 23.1 Å². The molecule has 1 aliphatic heterocycles. The van der Waals surface area contributed by atoms with Crippen molar-refractivity contribution in [3.63, 3.8) is 0 Å². The van der Waals surface area contributed by atoms with Crippen LogP contribution in [0.5, 0.6) is 0 Å². The van der Waals surface area contributed by atoms with E-state index in [1.54, 1.807) is 0 Å². The molecule has 2 heterocycles. The van der Waals surface area contributed by atoms with E-state index in [9.17, 15) is 0 Å². The van der Waals surface area contributed by atoms with Crippen LogP contribution in [0.1, 0.15) is 72.1 Å². The largest absolute Gasteiger partial charge is 0.383 e. The van der Waals surface area contributed by atoms with Crippen LogP contribution in [0.15, 0.2) is 141 Å². The highest BCUT2D eigenvalue weighted by atomic mass is 32.2. The van der Waals surface area contributed by atoms with Crippen LogP contribution < -0.4 is 5.73 Å². The van der Waals surface area contributed by atoms with Crippen LogP contribution in [-0.2, 0) is 0 Å². The van der Waals surface area contributed by atoms with Crippen molar-refractivity contribution < 1.29 is 0 Å². The van der Waals surface area contributed by atoms with Gasteiger partial charge in [0.15, 0.2) is 0 Å². The molecule has 234 valence electrons. The molecule has 0 radical (unpaired) electrons. The number of thiophene rings is 1. The molecule has 1 aromatic heterocycles. The average Bonchev–Trinajstić information content (AvgIpc) is 3.67. The van der Waals surface area contributed by atoms with E-state index in [4.69, 9.17) is 15.7 Å². The van der Waals surface area contributed by atoms with E-state index in [-0.39, 0.29) is 17.2 Å².